The third kappa shape index (κ3) is 5.02. The van der Waals surface area contributed by atoms with Crippen LogP contribution in [0.25, 0.3) is 0 Å². The van der Waals surface area contributed by atoms with Gasteiger partial charge in [0.15, 0.2) is 0 Å². The van der Waals surface area contributed by atoms with Gasteiger partial charge >= 0.3 is 6.03 Å². The van der Waals surface area contributed by atoms with Gasteiger partial charge < -0.3 is 25.8 Å². The minimum Gasteiger partial charge on any atom is -0.354 e. The van der Waals surface area contributed by atoms with Gasteiger partial charge in [0.1, 0.15) is 18.4 Å². The van der Waals surface area contributed by atoms with Crippen LogP contribution in [0.1, 0.15) is 37.0 Å². The molecule has 2 atom stereocenters. The molecule has 0 aromatic carbocycles. The van der Waals surface area contributed by atoms with Gasteiger partial charge in [-0.25, -0.2) is 14.8 Å². The van der Waals surface area contributed by atoms with Crippen molar-refractivity contribution in [1.82, 2.24) is 35.7 Å². The van der Waals surface area contributed by atoms with E-state index in [1.165, 1.54) is 28.5 Å². The normalized spacial score (nSPS) is 21.8. The number of piperidine rings is 1. The zero-order chi connectivity index (χ0) is 21.7. The second-order valence-corrected chi connectivity index (χ2v) is 7.69. The van der Waals surface area contributed by atoms with Gasteiger partial charge in [-0.1, -0.05) is 0 Å². The molecule has 0 aliphatic carbocycles. The van der Waals surface area contributed by atoms with Crippen molar-refractivity contribution in [1.29, 1.82) is 0 Å². The van der Waals surface area contributed by atoms with Crippen molar-refractivity contribution in [2.24, 2.45) is 0 Å². The Morgan fingerprint density at radius 3 is 2.60 bits per heavy atom. The number of amides is 5. The topological polar surface area (TPSA) is 137 Å². The zero-order valence-electron chi connectivity index (χ0n) is 17.1. The van der Waals surface area contributed by atoms with E-state index in [1.54, 1.807) is 0 Å². The predicted molar refractivity (Wildman–Crippen MR) is 106 cm³/mol. The van der Waals surface area contributed by atoms with E-state index in [0.717, 1.165) is 6.42 Å². The summed E-state index contributed by atoms with van der Waals surface area (Å²) in [6, 6.07) is -1.94. The molecule has 1 aromatic heterocycles. The maximum Gasteiger partial charge on any atom is 0.317 e. The molecule has 30 heavy (non-hydrogen) atoms. The largest absolute Gasteiger partial charge is 0.354 e. The fourth-order valence-electron chi connectivity index (χ4n) is 3.53. The van der Waals surface area contributed by atoms with E-state index in [2.05, 4.69) is 25.9 Å². The highest BCUT2D eigenvalue weighted by molar-refractivity contribution is 5.98. The molecule has 3 heterocycles. The van der Waals surface area contributed by atoms with Crippen LogP contribution in [0.2, 0.25) is 0 Å². The molecular formula is C19H27N7O4. The summed E-state index contributed by atoms with van der Waals surface area (Å²) >= 11 is 0. The molecule has 3 N–H and O–H groups in total. The molecule has 162 valence electrons. The lowest BCUT2D eigenvalue weighted by Gasteiger charge is -2.41. The van der Waals surface area contributed by atoms with Gasteiger partial charge in [0.25, 0.3) is 5.91 Å². The average Bonchev–Trinajstić information content (AvgIpc) is 2.74. The first-order valence-corrected chi connectivity index (χ1v) is 10.1. The van der Waals surface area contributed by atoms with Crippen LogP contribution >= 0.6 is 0 Å². The second-order valence-electron chi connectivity index (χ2n) is 7.69. The van der Waals surface area contributed by atoms with E-state index in [-0.39, 0.29) is 43.2 Å². The van der Waals surface area contributed by atoms with Crippen LogP contribution in [0.5, 0.6) is 0 Å². The Morgan fingerprint density at radius 2 is 1.93 bits per heavy atom. The van der Waals surface area contributed by atoms with Crippen molar-refractivity contribution in [2.45, 2.75) is 44.8 Å². The van der Waals surface area contributed by atoms with E-state index in [1.807, 2.05) is 13.8 Å². The standard InChI is InChI=1S/C19H27N7O4/c1-12(2)23-19(30)25-6-7-26(18(29)13-8-20-11-21-9-13)15(10-25)17(28)24-14-4-3-5-22-16(14)27/h8-9,11-12,14-15H,3-7,10H2,1-2H3,(H,22,27)(H,23,30)(H,24,28)/t14-,15-/m1/s1. The maximum atomic E-state index is 13.1. The van der Waals surface area contributed by atoms with Crippen molar-refractivity contribution in [2.75, 3.05) is 26.2 Å². The van der Waals surface area contributed by atoms with Gasteiger partial charge in [-0.15, -0.1) is 0 Å². The summed E-state index contributed by atoms with van der Waals surface area (Å²) in [7, 11) is 0. The molecule has 1 aromatic rings. The Hall–Kier alpha value is -3.24. The molecular weight excluding hydrogens is 390 g/mol. The molecule has 0 radical (unpaired) electrons. The van der Waals surface area contributed by atoms with E-state index < -0.39 is 23.9 Å². The molecule has 0 unspecified atom stereocenters. The number of urea groups is 1. The van der Waals surface area contributed by atoms with Crippen molar-refractivity contribution in [3.63, 3.8) is 0 Å². The van der Waals surface area contributed by atoms with Crippen molar-refractivity contribution in [3.05, 3.63) is 24.3 Å². The van der Waals surface area contributed by atoms with E-state index in [0.29, 0.717) is 13.0 Å². The van der Waals surface area contributed by atoms with E-state index in [9.17, 15) is 19.2 Å². The number of hydrogen-bond donors (Lipinski definition) is 3. The molecule has 11 nitrogen and oxygen atoms in total. The number of rotatable bonds is 4. The summed E-state index contributed by atoms with van der Waals surface area (Å²) in [5.41, 5.74) is 0.255. The fourth-order valence-corrected chi connectivity index (χ4v) is 3.53. The van der Waals surface area contributed by atoms with Crippen molar-refractivity contribution in [3.8, 4) is 0 Å². The minimum atomic E-state index is -0.931. The van der Waals surface area contributed by atoms with E-state index in [4.69, 9.17) is 0 Å². The first-order chi connectivity index (χ1) is 14.4. The monoisotopic (exact) mass is 417 g/mol. The lowest BCUT2D eigenvalue weighted by molar-refractivity contribution is -0.133. The third-order valence-corrected chi connectivity index (χ3v) is 5.05. The Bertz CT molecular complexity index is 801. The summed E-state index contributed by atoms with van der Waals surface area (Å²) in [5.74, 6) is -1.11. The lowest BCUT2D eigenvalue weighted by atomic mass is 10.0. The first-order valence-electron chi connectivity index (χ1n) is 10.1. The Balaban J connectivity index is 1.78. The van der Waals surface area contributed by atoms with Gasteiger partial charge in [-0.3, -0.25) is 14.4 Å². The zero-order valence-corrected chi connectivity index (χ0v) is 17.1. The number of piperazine rings is 1. The molecule has 2 saturated heterocycles. The smallest absolute Gasteiger partial charge is 0.317 e. The molecule has 5 amide bonds. The Kier molecular flexibility index (Phi) is 6.80. The van der Waals surface area contributed by atoms with Crippen LogP contribution in [0.3, 0.4) is 0 Å². The lowest BCUT2D eigenvalue weighted by Crippen LogP contribution is -2.64. The van der Waals surface area contributed by atoms with Gasteiger partial charge in [-0.2, -0.15) is 0 Å². The van der Waals surface area contributed by atoms with Crippen LogP contribution in [0.15, 0.2) is 18.7 Å². The summed E-state index contributed by atoms with van der Waals surface area (Å²) in [6.07, 6.45) is 5.38. The quantitative estimate of drug-likeness (QED) is 0.582. The fraction of sp³-hybridized carbons (Fsp3) is 0.579. The molecule has 0 bridgehead atoms. The van der Waals surface area contributed by atoms with Crippen LogP contribution < -0.4 is 16.0 Å². The van der Waals surface area contributed by atoms with Gasteiger partial charge in [0.2, 0.25) is 11.8 Å². The number of aromatic nitrogens is 2. The highest BCUT2D eigenvalue weighted by Gasteiger charge is 2.39. The SMILES string of the molecule is CC(C)NC(=O)N1CCN(C(=O)c2cncnc2)[C@@H](C(=O)N[C@@H]2CCCNC2=O)C1. The van der Waals surface area contributed by atoms with Crippen LogP contribution in [0, 0.1) is 0 Å². The van der Waals surface area contributed by atoms with Crippen molar-refractivity contribution < 1.29 is 19.2 Å². The molecule has 2 fully saturated rings. The Labute approximate surface area is 174 Å². The van der Waals surface area contributed by atoms with Gasteiger partial charge in [0, 0.05) is 38.1 Å². The first kappa shape index (κ1) is 21.5. The average molecular weight is 417 g/mol. The van der Waals surface area contributed by atoms with Crippen LogP contribution in [-0.4, -0.2) is 87.8 Å². The van der Waals surface area contributed by atoms with Crippen LogP contribution in [-0.2, 0) is 9.59 Å². The minimum absolute atomic E-state index is 0.0259. The molecule has 2 aliphatic rings. The summed E-state index contributed by atoms with van der Waals surface area (Å²) in [6.45, 7) is 4.76. The van der Waals surface area contributed by atoms with Crippen molar-refractivity contribution >= 4 is 23.8 Å². The number of carbonyl (C=O) groups is 4. The summed E-state index contributed by atoms with van der Waals surface area (Å²) in [4.78, 5) is 61.2. The molecule has 0 saturated carbocycles. The number of nitrogens with one attached hydrogen (secondary N) is 3. The number of carbonyl (C=O) groups excluding carboxylic acids is 4. The molecule has 0 spiro atoms. The Morgan fingerprint density at radius 1 is 1.20 bits per heavy atom. The van der Waals surface area contributed by atoms with Gasteiger partial charge in [-0.05, 0) is 26.7 Å². The number of hydrogen-bond acceptors (Lipinski definition) is 6. The second kappa shape index (κ2) is 9.51. The van der Waals surface area contributed by atoms with Crippen LogP contribution in [0.4, 0.5) is 4.79 Å². The highest BCUT2D eigenvalue weighted by Crippen LogP contribution is 2.15. The number of nitrogens with zero attached hydrogens (tertiary/aromatic N) is 4. The highest BCUT2D eigenvalue weighted by atomic mass is 16.2. The van der Waals surface area contributed by atoms with Gasteiger partial charge in [0.05, 0.1) is 12.1 Å². The summed E-state index contributed by atoms with van der Waals surface area (Å²) in [5, 5.41) is 8.27. The van der Waals surface area contributed by atoms with E-state index >= 15 is 0 Å². The maximum absolute atomic E-state index is 13.1. The molecule has 3 rings (SSSR count). The molecule has 11 heteroatoms. The molecule has 2 aliphatic heterocycles. The predicted octanol–water partition coefficient (Wildman–Crippen LogP) is -0.884. The summed E-state index contributed by atoms with van der Waals surface area (Å²) < 4.78 is 0. The third-order valence-electron chi connectivity index (χ3n) is 5.05.